The van der Waals surface area contributed by atoms with E-state index in [9.17, 15) is 22.8 Å². The van der Waals surface area contributed by atoms with Crippen LogP contribution < -0.4 is 15.5 Å². The Labute approximate surface area is 252 Å². The molecule has 7 nitrogen and oxygen atoms in total. The lowest BCUT2D eigenvalue weighted by Gasteiger charge is -2.20. The van der Waals surface area contributed by atoms with Crippen molar-refractivity contribution in [2.24, 2.45) is 5.41 Å². The molecule has 1 saturated heterocycles. The molecule has 0 radical (unpaired) electrons. The lowest BCUT2D eigenvalue weighted by atomic mass is 9.95. The number of anilines is 2. The van der Waals surface area contributed by atoms with Crippen LogP contribution in [0.3, 0.4) is 0 Å². The molecule has 1 fully saturated rings. The van der Waals surface area contributed by atoms with Gasteiger partial charge < -0.3 is 15.5 Å². The van der Waals surface area contributed by atoms with Gasteiger partial charge in [0.15, 0.2) is 5.82 Å². The highest BCUT2D eigenvalue weighted by molar-refractivity contribution is 6.34. The Kier molecular flexibility index (Phi) is 8.34. The van der Waals surface area contributed by atoms with Gasteiger partial charge in [0.25, 0.3) is 5.91 Å². The third-order valence-electron chi connectivity index (χ3n) is 7.20. The number of amides is 2. The molecule has 43 heavy (non-hydrogen) atoms. The van der Waals surface area contributed by atoms with Crippen molar-refractivity contribution in [2.75, 3.05) is 23.3 Å². The Balaban J connectivity index is 1.46. The molecule has 2 amide bonds. The van der Waals surface area contributed by atoms with Crippen LogP contribution >= 0.6 is 11.6 Å². The summed E-state index contributed by atoms with van der Waals surface area (Å²) in [7, 11) is 0. The lowest BCUT2D eigenvalue weighted by molar-refractivity contribution is -0.137. The molecule has 2 heterocycles. The Hall–Kier alpha value is -4.18. The average Bonchev–Trinajstić information content (AvgIpc) is 3.50. The summed E-state index contributed by atoms with van der Waals surface area (Å²) in [5.41, 5.74) is 0.756. The molecular formula is C32H31ClF3N5O2. The van der Waals surface area contributed by atoms with Gasteiger partial charge in [-0.05, 0) is 60.9 Å². The van der Waals surface area contributed by atoms with Crippen LogP contribution in [0.2, 0.25) is 5.02 Å². The molecule has 1 aromatic heterocycles. The Morgan fingerprint density at radius 2 is 1.70 bits per heavy atom. The van der Waals surface area contributed by atoms with E-state index < -0.39 is 23.1 Å². The number of fused-ring (bicyclic) bond motifs is 1. The van der Waals surface area contributed by atoms with Crippen LogP contribution in [0.1, 0.15) is 55.1 Å². The van der Waals surface area contributed by atoms with Gasteiger partial charge in [0.2, 0.25) is 5.91 Å². The summed E-state index contributed by atoms with van der Waals surface area (Å²) in [5.74, 6) is 0.225. The summed E-state index contributed by atoms with van der Waals surface area (Å²) in [4.78, 5) is 37.0. The predicted octanol–water partition coefficient (Wildman–Crippen LogP) is 7.48. The first kappa shape index (κ1) is 30.3. The summed E-state index contributed by atoms with van der Waals surface area (Å²) >= 11 is 6.36. The maximum absolute atomic E-state index is 13.4. The molecule has 0 atom stereocenters. The zero-order chi connectivity index (χ0) is 30.9. The van der Waals surface area contributed by atoms with Crippen molar-refractivity contribution in [3.05, 3.63) is 82.4 Å². The summed E-state index contributed by atoms with van der Waals surface area (Å²) in [6.07, 6.45) is -2.53. The molecule has 224 valence electrons. The first-order valence-corrected chi connectivity index (χ1v) is 14.3. The van der Waals surface area contributed by atoms with Crippen LogP contribution in [0.25, 0.3) is 22.3 Å². The molecule has 2 N–H and O–H groups in total. The highest BCUT2D eigenvalue weighted by Crippen LogP contribution is 2.34. The highest BCUT2D eigenvalue weighted by Gasteiger charge is 2.31. The van der Waals surface area contributed by atoms with Gasteiger partial charge in [-0.2, -0.15) is 13.2 Å². The van der Waals surface area contributed by atoms with Gasteiger partial charge in [0.1, 0.15) is 5.82 Å². The SMILES string of the molecule is CC(C)(C)C(=O)NCc1ccc(Cl)c(C(=O)Nc2ccc3c(N4CCCC4)nc(-c4cccc(C(F)(F)F)c4)nc3c2)c1. The normalized spacial score (nSPS) is 13.8. The monoisotopic (exact) mass is 609 g/mol. The number of alkyl halides is 3. The number of rotatable bonds is 6. The number of hydrogen-bond acceptors (Lipinski definition) is 5. The summed E-state index contributed by atoms with van der Waals surface area (Å²) < 4.78 is 40.3. The van der Waals surface area contributed by atoms with Gasteiger partial charge in [-0.15, -0.1) is 0 Å². The number of aromatic nitrogens is 2. The number of carbonyl (C=O) groups excluding carboxylic acids is 2. The van der Waals surface area contributed by atoms with Crippen molar-refractivity contribution in [3.8, 4) is 11.4 Å². The van der Waals surface area contributed by atoms with Crippen LogP contribution in [0.5, 0.6) is 0 Å². The topological polar surface area (TPSA) is 87.2 Å². The van der Waals surface area contributed by atoms with Crippen molar-refractivity contribution in [3.63, 3.8) is 0 Å². The maximum atomic E-state index is 13.4. The zero-order valence-electron chi connectivity index (χ0n) is 24.0. The number of hydrogen-bond donors (Lipinski definition) is 2. The lowest BCUT2D eigenvalue weighted by Crippen LogP contribution is -2.34. The average molecular weight is 610 g/mol. The number of nitrogens with zero attached hydrogens (tertiary/aromatic N) is 3. The molecular weight excluding hydrogens is 579 g/mol. The Bertz CT molecular complexity index is 1700. The Morgan fingerprint density at radius 1 is 0.953 bits per heavy atom. The van der Waals surface area contributed by atoms with Gasteiger partial charge in [-0.3, -0.25) is 9.59 Å². The van der Waals surface area contributed by atoms with E-state index in [2.05, 4.69) is 20.5 Å². The molecule has 1 aliphatic heterocycles. The van der Waals surface area contributed by atoms with Crippen molar-refractivity contribution < 1.29 is 22.8 Å². The van der Waals surface area contributed by atoms with E-state index in [1.54, 1.807) is 42.5 Å². The second-order valence-electron chi connectivity index (χ2n) is 11.6. The zero-order valence-corrected chi connectivity index (χ0v) is 24.7. The van der Waals surface area contributed by atoms with Gasteiger partial charge in [0, 0.05) is 41.7 Å². The molecule has 0 aliphatic carbocycles. The molecule has 3 aromatic carbocycles. The molecule has 0 unspecified atom stereocenters. The van der Waals surface area contributed by atoms with E-state index in [0.29, 0.717) is 22.6 Å². The van der Waals surface area contributed by atoms with Crippen molar-refractivity contribution in [1.82, 2.24) is 15.3 Å². The summed E-state index contributed by atoms with van der Waals surface area (Å²) in [6.45, 7) is 7.23. The van der Waals surface area contributed by atoms with Gasteiger partial charge >= 0.3 is 6.18 Å². The minimum Gasteiger partial charge on any atom is -0.356 e. The van der Waals surface area contributed by atoms with Crippen LogP contribution in [0.4, 0.5) is 24.7 Å². The van der Waals surface area contributed by atoms with Crippen LogP contribution in [0, 0.1) is 5.41 Å². The van der Waals surface area contributed by atoms with Crippen LogP contribution in [-0.2, 0) is 17.5 Å². The van der Waals surface area contributed by atoms with E-state index >= 15 is 0 Å². The quantitative estimate of drug-likeness (QED) is 0.237. The van der Waals surface area contributed by atoms with Crippen molar-refractivity contribution >= 4 is 45.8 Å². The maximum Gasteiger partial charge on any atom is 0.416 e. The van der Waals surface area contributed by atoms with E-state index in [-0.39, 0.29) is 34.4 Å². The van der Waals surface area contributed by atoms with Gasteiger partial charge in [-0.1, -0.05) is 50.6 Å². The third-order valence-corrected chi connectivity index (χ3v) is 7.53. The number of benzene rings is 3. The van der Waals surface area contributed by atoms with E-state index in [1.807, 2.05) is 20.8 Å². The fraction of sp³-hybridized carbons (Fsp3) is 0.312. The molecule has 1 aliphatic rings. The van der Waals surface area contributed by atoms with Crippen molar-refractivity contribution in [2.45, 2.75) is 46.3 Å². The number of carbonyl (C=O) groups is 2. The predicted molar refractivity (Wildman–Crippen MR) is 162 cm³/mol. The van der Waals surface area contributed by atoms with Crippen LogP contribution in [-0.4, -0.2) is 34.9 Å². The van der Waals surface area contributed by atoms with E-state index in [0.717, 1.165) is 43.5 Å². The van der Waals surface area contributed by atoms with Gasteiger partial charge in [0.05, 0.1) is 21.7 Å². The first-order valence-electron chi connectivity index (χ1n) is 13.9. The largest absolute Gasteiger partial charge is 0.416 e. The molecule has 11 heteroatoms. The van der Waals surface area contributed by atoms with Crippen molar-refractivity contribution in [1.29, 1.82) is 0 Å². The molecule has 4 aromatic rings. The summed E-state index contributed by atoms with van der Waals surface area (Å²) in [6, 6.07) is 15.1. The smallest absolute Gasteiger partial charge is 0.356 e. The first-order chi connectivity index (χ1) is 20.3. The molecule has 0 spiro atoms. The van der Waals surface area contributed by atoms with Gasteiger partial charge in [-0.25, -0.2) is 9.97 Å². The second-order valence-corrected chi connectivity index (χ2v) is 12.0. The fourth-order valence-electron chi connectivity index (χ4n) is 4.83. The fourth-order valence-corrected chi connectivity index (χ4v) is 5.03. The number of halogens is 4. The molecule has 5 rings (SSSR count). The van der Waals surface area contributed by atoms with E-state index in [1.165, 1.54) is 6.07 Å². The second kappa shape index (κ2) is 11.8. The minimum absolute atomic E-state index is 0.121. The highest BCUT2D eigenvalue weighted by atomic mass is 35.5. The third kappa shape index (κ3) is 6.91. The van der Waals surface area contributed by atoms with Crippen LogP contribution in [0.15, 0.2) is 60.7 Å². The molecule has 0 bridgehead atoms. The molecule has 0 saturated carbocycles. The summed E-state index contributed by atoms with van der Waals surface area (Å²) in [5, 5.41) is 6.68. The Morgan fingerprint density at radius 3 is 2.40 bits per heavy atom. The van der Waals surface area contributed by atoms with E-state index in [4.69, 9.17) is 16.6 Å². The minimum atomic E-state index is -4.50. The number of nitrogens with one attached hydrogen (secondary N) is 2. The standard InChI is InChI=1S/C32H31ClF3N5O2/c1-31(2,3)30(43)37-18-19-9-12-25(33)24(15-19)29(42)38-22-10-11-23-26(17-22)39-27(40-28(23)41-13-4-5-14-41)20-7-6-8-21(16-20)32(34,35)36/h6-12,15-17H,4-5,13-14,18H2,1-3H3,(H,37,43)(H,38,42).